The summed E-state index contributed by atoms with van der Waals surface area (Å²) < 4.78 is 2.77. The summed E-state index contributed by atoms with van der Waals surface area (Å²) in [5.74, 6) is 1.56. The van der Waals surface area contributed by atoms with Crippen LogP contribution in [0.4, 0.5) is 10.8 Å². The van der Waals surface area contributed by atoms with Crippen LogP contribution in [0.2, 0.25) is 0 Å². The molecule has 0 radical (unpaired) electrons. The molecule has 0 amide bonds. The molecule has 0 unspecified atom stereocenters. The van der Waals surface area contributed by atoms with Crippen LogP contribution in [0, 0.1) is 0 Å². The number of benzene rings is 1. The molecule has 3 aromatic rings. The lowest BCUT2D eigenvalue weighted by Crippen LogP contribution is -2.04. The van der Waals surface area contributed by atoms with E-state index in [2.05, 4.69) is 69.2 Å². The van der Waals surface area contributed by atoms with E-state index in [1.165, 1.54) is 16.9 Å². The summed E-state index contributed by atoms with van der Waals surface area (Å²) in [6.07, 6.45) is 3.24. The third-order valence-corrected chi connectivity index (χ3v) is 5.64. The van der Waals surface area contributed by atoms with Crippen molar-refractivity contribution in [1.82, 2.24) is 30.4 Å². The monoisotopic (exact) mass is 375 g/mol. The van der Waals surface area contributed by atoms with Crippen LogP contribution in [0.15, 0.2) is 28.6 Å². The summed E-state index contributed by atoms with van der Waals surface area (Å²) in [6.45, 7) is 5.16. The van der Waals surface area contributed by atoms with Crippen molar-refractivity contribution in [3.8, 4) is 0 Å². The first kappa shape index (κ1) is 17.8. The third-order valence-electron chi connectivity index (χ3n) is 3.67. The lowest BCUT2D eigenvalue weighted by atomic mass is 10.1. The van der Waals surface area contributed by atoms with Crippen molar-refractivity contribution >= 4 is 33.9 Å². The average molecular weight is 376 g/mol. The molecule has 2 heterocycles. The van der Waals surface area contributed by atoms with Gasteiger partial charge in [-0.2, -0.15) is 0 Å². The van der Waals surface area contributed by atoms with E-state index in [-0.39, 0.29) is 0 Å². The lowest BCUT2D eigenvalue weighted by molar-refractivity contribution is 0.540. The molecule has 0 aliphatic heterocycles. The molecule has 132 valence electrons. The van der Waals surface area contributed by atoms with Gasteiger partial charge in [0.1, 0.15) is 0 Å². The summed E-state index contributed by atoms with van der Waals surface area (Å²) in [7, 11) is 0. The predicted octanol–water partition coefficient (Wildman–Crippen LogP) is 3.92. The van der Waals surface area contributed by atoms with E-state index in [0.29, 0.717) is 5.75 Å². The molecule has 2 aromatic heterocycles. The van der Waals surface area contributed by atoms with Gasteiger partial charge in [0, 0.05) is 12.2 Å². The van der Waals surface area contributed by atoms with E-state index in [1.54, 1.807) is 11.8 Å². The van der Waals surface area contributed by atoms with Crippen molar-refractivity contribution in [3.05, 3.63) is 35.7 Å². The van der Waals surface area contributed by atoms with Crippen LogP contribution in [0.3, 0.4) is 0 Å². The Balaban J connectivity index is 1.55. The average Bonchev–Trinajstić information content (AvgIpc) is 3.28. The van der Waals surface area contributed by atoms with Crippen LogP contribution in [0.25, 0.3) is 0 Å². The number of aromatic nitrogens is 6. The molecule has 1 aromatic carbocycles. The maximum absolute atomic E-state index is 4.23. The van der Waals surface area contributed by atoms with Crippen molar-refractivity contribution in [2.24, 2.45) is 0 Å². The van der Waals surface area contributed by atoms with Gasteiger partial charge in [-0.3, -0.25) is 0 Å². The molecule has 0 saturated carbocycles. The zero-order valence-electron chi connectivity index (χ0n) is 14.3. The van der Waals surface area contributed by atoms with Gasteiger partial charge in [-0.1, -0.05) is 55.5 Å². The Labute approximate surface area is 155 Å². The quantitative estimate of drug-likeness (QED) is 0.568. The van der Waals surface area contributed by atoms with Gasteiger partial charge in [0.15, 0.2) is 10.2 Å². The molecule has 0 aliphatic carbocycles. The summed E-state index contributed by atoms with van der Waals surface area (Å²) >= 11 is 3.14. The van der Waals surface area contributed by atoms with Crippen LogP contribution >= 0.6 is 23.1 Å². The Morgan fingerprint density at radius 2 is 1.96 bits per heavy atom. The van der Waals surface area contributed by atoms with E-state index in [9.17, 15) is 0 Å². The highest BCUT2D eigenvalue weighted by molar-refractivity contribution is 8.00. The Kier molecular flexibility index (Phi) is 6.35. The number of unbranched alkanes of at least 4 members (excludes halogenated alkanes) is 1. The number of thioether (sulfide) groups is 1. The minimum Gasteiger partial charge on any atom is -0.330 e. The fraction of sp³-hybridized carbons (Fsp3) is 0.438. The highest BCUT2D eigenvalue weighted by atomic mass is 32.2. The molecular formula is C16H21N7S2. The Morgan fingerprint density at radius 3 is 2.72 bits per heavy atom. The fourth-order valence-electron chi connectivity index (χ4n) is 2.20. The molecule has 25 heavy (non-hydrogen) atoms. The van der Waals surface area contributed by atoms with Crippen molar-refractivity contribution in [2.75, 3.05) is 5.32 Å². The zero-order valence-corrected chi connectivity index (χ0v) is 16.0. The molecule has 1 N–H and O–H groups in total. The van der Waals surface area contributed by atoms with Gasteiger partial charge < -0.3 is 5.32 Å². The van der Waals surface area contributed by atoms with Crippen molar-refractivity contribution < 1.29 is 0 Å². The number of hydrogen-bond acceptors (Lipinski definition) is 8. The highest BCUT2D eigenvalue weighted by Crippen LogP contribution is 2.29. The van der Waals surface area contributed by atoms with E-state index >= 15 is 0 Å². The van der Waals surface area contributed by atoms with E-state index < -0.39 is 0 Å². The first-order valence-corrected chi connectivity index (χ1v) is 10.2. The smallest absolute Gasteiger partial charge is 0.210 e. The fourth-order valence-corrected chi connectivity index (χ4v) is 3.91. The standard InChI is InChI=1S/C16H21N7S2/c1-3-5-10-23-14(18-21-22-23)11-24-16-20-19-15(25-16)17-13-8-6-12(4-2)7-9-13/h6-9H,3-5,10-11H2,1-2H3,(H,17,19). The second-order valence-corrected chi connectivity index (χ2v) is 7.71. The van der Waals surface area contributed by atoms with Crippen LogP contribution in [0.5, 0.6) is 0 Å². The van der Waals surface area contributed by atoms with Crippen LogP contribution in [0.1, 0.15) is 38.1 Å². The molecule has 7 nitrogen and oxygen atoms in total. The van der Waals surface area contributed by atoms with Gasteiger partial charge in [0.2, 0.25) is 5.13 Å². The second kappa shape index (κ2) is 8.91. The van der Waals surface area contributed by atoms with E-state index in [4.69, 9.17) is 0 Å². The van der Waals surface area contributed by atoms with Gasteiger partial charge in [-0.05, 0) is 41.0 Å². The molecule has 9 heteroatoms. The van der Waals surface area contributed by atoms with Gasteiger partial charge in [-0.25, -0.2) is 4.68 Å². The summed E-state index contributed by atoms with van der Waals surface area (Å²) in [4.78, 5) is 0. The number of rotatable bonds is 9. The number of nitrogens with one attached hydrogen (secondary N) is 1. The highest BCUT2D eigenvalue weighted by Gasteiger charge is 2.10. The van der Waals surface area contributed by atoms with Crippen molar-refractivity contribution in [1.29, 1.82) is 0 Å². The van der Waals surface area contributed by atoms with Crippen LogP contribution in [-0.4, -0.2) is 30.4 Å². The first-order valence-electron chi connectivity index (χ1n) is 8.35. The lowest BCUT2D eigenvalue weighted by Gasteiger charge is -2.02. The molecule has 0 aliphatic rings. The van der Waals surface area contributed by atoms with E-state index in [1.807, 2.05) is 4.68 Å². The molecule has 3 rings (SSSR count). The molecule has 0 atom stereocenters. The zero-order chi connectivity index (χ0) is 17.5. The first-order chi connectivity index (χ1) is 12.3. The predicted molar refractivity (Wildman–Crippen MR) is 101 cm³/mol. The van der Waals surface area contributed by atoms with Gasteiger partial charge in [0.25, 0.3) is 0 Å². The minimum atomic E-state index is 0.691. The molecule has 0 saturated heterocycles. The van der Waals surface area contributed by atoms with E-state index in [0.717, 1.165) is 46.8 Å². The van der Waals surface area contributed by atoms with Crippen LogP contribution in [-0.2, 0) is 18.7 Å². The maximum atomic E-state index is 4.23. The van der Waals surface area contributed by atoms with Crippen molar-refractivity contribution in [2.45, 2.75) is 49.7 Å². The Bertz CT molecular complexity index is 782. The van der Waals surface area contributed by atoms with Crippen LogP contribution < -0.4 is 5.32 Å². The molecule has 0 fully saturated rings. The molecule has 0 spiro atoms. The summed E-state index contributed by atoms with van der Waals surface area (Å²) in [6, 6.07) is 8.37. The molecular weight excluding hydrogens is 354 g/mol. The number of anilines is 2. The summed E-state index contributed by atoms with van der Waals surface area (Å²) in [5.41, 5.74) is 2.34. The number of nitrogens with zero attached hydrogens (tertiary/aromatic N) is 6. The Morgan fingerprint density at radius 1 is 1.12 bits per heavy atom. The topological polar surface area (TPSA) is 81.4 Å². The van der Waals surface area contributed by atoms with Gasteiger partial charge in [0.05, 0.1) is 5.75 Å². The number of tetrazole rings is 1. The Hall–Kier alpha value is -2.00. The van der Waals surface area contributed by atoms with Gasteiger partial charge in [-0.15, -0.1) is 15.3 Å². The third kappa shape index (κ3) is 4.99. The molecule has 0 bridgehead atoms. The normalized spacial score (nSPS) is 11.0. The minimum absolute atomic E-state index is 0.691. The van der Waals surface area contributed by atoms with Gasteiger partial charge >= 0.3 is 0 Å². The number of aryl methyl sites for hydroxylation is 2. The largest absolute Gasteiger partial charge is 0.330 e. The van der Waals surface area contributed by atoms with Crippen molar-refractivity contribution in [3.63, 3.8) is 0 Å². The SMILES string of the molecule is CCCCn1nnnc1CSc1nnc(Nc2ccc(CC)cc2)s1. The summed E-state index contributed by atoms with van der Waals surface area (Å²) in [5, 5.41) is 24.4. The maximum Gasteiger partial charge on any atom is 0.210 e. The number of hydrogen-bond donors (Lipinski definition) is 1. The second-order valence-electron chi connectivity index (χ2n) is 5.51.